The maximum absolute atomic E-state index is 11.0. The third kappa shape index (κ3) is 12.6. The van der Waals surface area contributed by atoms with Crippen LogP contribution < -0.4 is 15.3 Å². The molecule has 0 unspecified atom stereocenters. The van der Waals surface area contributed by atoms with E-state index in [2.05, 4.69) is 59.2 Å². The molecule has 0 bridgehead atoms. The molecule has 0 saturated carbocycles. The fourth-order valence-corrected chi connectivity index (χ4v) is 3.96. The molecule has 1 aliphatic rings. The van der Waals surface area contributed by atoms with Crippen LogP contribution in [0.1, 0.15) is 36.5 Å². The van der Waals surface area contributed by atoms with Crippen LogP contribution in [0.5, 0.6) is 17.2 Å². The molecule has 0 amide bonds. The van der Waals surface area contributed by atoms with Crippen LogP contribution in [0.3, 0.4) is 0 Å². The zero-order valence-corrected chi connectivity index (χ0v) is 23.8. The van der Waals surface area contributed by atoms with Gasteiger partial charge in [-0.15, -0.1) is 37.0 Å². The molecule has 4 heteroatoms. The molecule has 3 aromatic rings. The molecule has 0 aromatic heterocycles. The summed E-state index contributed by atoms with van der Waals surface area (Å²) in [5.41, 5.74) is 3.98. The van der Waals surface area contributed by atoms with Crippen molar-refractivity contribution in [3.8, 4) is 17.2 Å². The molecule has 0 spiro atoms. The van der Waals surface area contributed by atoms with Crippen LogP contribution in [0.15, 0.2) is 132 Å². The summed E-state index contributed by atoms with van der Waals surface area (Å²) in [6, 6.07) is 21.0. The van der Waals surface area contributed by atoms with E-state index in [0.29, 0.717) is 19.3 Å². The molecule has 0 saturated heterocycles. The Bertz CT molecular complexity index is 1090. The zero-order valence-electron chi connectivity index (χ0n) is 22.2. The SMILES string of the molecule is C=CCc1ccccc1[O-].C=CCc1ccccc1[O-].C=CCc1ccccc1[O-].CCC1=[C]([Ti+3])CC=C1. The molecular formula is C34H36O3Ti. The van der Waals surface area contributed by atoms with Crippen LogP contribution in [-0.2, 0) is 39.7 Å². The Labute approximate surface area is 240 Å². The predicted octanol–water partition coefficient (Wildman–Crippen LogP) is 6.62. The Morgan fingerprint density at radius 1 is 0.658 bits per heavy atom. The first kappa shape index (κ1) is 32.5. The summed E-state index contributed by atoms with van der Waals surface area (Å²) in [6.07, 6.45) is 14.0. The van der Waals surface area contributed by atoms with Gasteiger partial charge in [0.15, 0.2) is 0 Å². The second-order valence-electron chi connectivity index (χ2n) is 8.27. The molecule has 38 heavy (non-hydrogen) atoms. The minimum atomic E-state index is 0.0994. The summed E-state index contributed by atoms with van der Waals surface area (Å²) < 4.78 is 1.55. The van der Waals surface area contributed by atoms with Crippen molar-refractivity contribution in [2.45, 2.75) is 39.0 Å². The summed E-state index contributed by atoms with van der Waals surface area (Å²) in [7, 11) is 0. The Balaban J connectivity index is 0.000000254. The number of hydrogen-bond acceptors (Lipinski definition) is 3. The van der Waals surface area contributed by atoms with Crippen molar-refractivity contribution in [3.05, 3.63) is 149 Å². The Morgan fingerprint density at radius 2 is 1.00 bits per heavy atom. The van der Waals surface area contributed by atoms with E-state index in [1.807, 2.05) is 36.4 Å². The number of rotatable bonds is 7. The van der Waals surface area contributed by atoms with Gasteiger partial charge in [-0.3, -0.25) is 0 Å². The second-order valence-corrected chi connectivity index (χ2v) is 9.21. The van der Waals surface area contributed by atoms with E-state index >= 15 is 0 Å². The van der Waals surface area contributed by atoms with Crippen molar-refractivity contribution in [2.24, 2.45) is 0 Å². The molecule has 0 heterocycles. The van der Waals surface area contributed by atoms with Crippen molar-refractivity contribution < 1.29 is 35.8 Å². The molecule has 0 N–H and O–H groups in total. The van der Waals surface area contributed by atoms with Crippen LogP contribution in [-0.4, -0.2) is 0 Å². The maximum atomic E-state index is 11.0. The molecule has 0 radical (unpaired) electrons. The molecule has 194 valence electrons. The number of para-hydroxylation sites is 3. The van der Waals surface area contributed by atoms with E-state index in [-0.39, 0.29) is 17.2 Å². The van der Waals surface area contributed by atoms with E-state index in [9.17, 15) is 15.3 Å². The van der Waals surface area contributed by atoms with Gasteiger partial charge in [-0.05, 0) is 19.3 Å². The summed E-state index contributed by atoms with van der Waals surface area (Å²) in [6.45, 7) is 12.9. The summed E-state index contributed by atoms with van der Waals surface area (Å²) in [4.78, 5) is 0. The van der Waals surface area contributed by atoms with Crippen molar-refractivity contribution in [1.82, 2.24) is 0 Å². The van der Waals surface area contributed by atoms with Gasteiger partial charge in [0.1, 0.15) is 0 Å². The fourth-order valence-electron chi connectivity index (χ4n) is 3.37. The van der Waals surface area contributed by atoms with E-state index in [1.54, 1.807) is 58.5 Å². The van der Waals surface area contributed by atoms with Crippen molar-refractivity contribution >= 4 is 0 Å². The molecule has 4 rings (SSSR count). The quantitative estimate of drug-likeness (QED) is 0.250. The first-order chi connectivity index (χ1) is 18.4. The summed E-state index contributed by atoms with van der Waals surface area (Å²) >= 11 is 2.21. The van der Waals surface area contributed by atoms with Gasteiger partial charge in [0.05, 0.1) is 0 Å². The molecular weight excluding hydrogens is 504 g/mol. The third-order valence-corrected chi connectivity index (χ3v) is 6.24. The topological polar surface area (TPSA) is 69.2 Å². The Hall–Kier alpha value is -3.53. The average molecular weight is 541 g/mol. The monoisotopic (exact) mass is 540 g/mol. The molecule has 3 nitrogen and oxygen atoms in total. The van der Waals surface area contributed by atoms with E-state index in [4.69, 9.17) is 0 Å². The normalized spacial score (nSPS) is 11.1. The third-order valence-electron chi connectivity index (χ3n) is 5.42. The molecule has 1 aliphatic carbocycles. The van der Waals surface area contributed by atoms with Crippen LogP contribution in [0, 0.1) is 0 Å². The molecule has 3 aromatic carbocycles. The van der Waals surface area contributed by atoms with E-state index in [1.165, 1.54) is 18.4 Å². The summed E-state index contributed by atoms with van der Waals surface area (Å²) in [5, 5.41) is 32.9. The van der Waals surface area contributed by atoms with Gasteiger partial charge in [0.2, 0.25) is 0 Å². The van der Waals surface area contributed by atoms with Crippen LogP contribution in [0.4, 0.5) is 0 Å². The van der Waals surface area contributed by atoms with E-state index in [0.717, 1.165) is 16.7 Å². The number of allylic oxidation sites excluding steroid dienone is 7. The van der Waals surface area contributed by atoms with Gasteiger partial charge in [0.25, 0.3) is 0 Å². The zero-order chi connectivity index (χ0) is 28.2. The standard InChI is InChI=1S/3C9H10O.C7H9.Ti/c3*1-2-5-8-6-3-4-7-9(8)10;1-2-7-5-3-4-6-7;/h3*2-4,6-7,10H,1,5H2;3,5H,2,4H2,1H3;/q;;;;+3/p-3. The van der Waals surface area contributed by atoms with Crippen molar-refractivity contribution in [1.29, 1.82) is 0 Å². The van der Waals surface area contributed by atoms with Crippen LogP contribution in [0.2, 0.25) is 0 Å². The minimum absolute atomic E-state index is 0.0994. The van der Waals surface area contributed by atoms with Crippen LogP contribution in [0.25, 0.3) is 0 Å². The van der Waals surface area contributed by atoms with Gasteiger partial charge < -0.3 is 15.3 Å². The average Bonchev–Trinajstić information content (AvgIpc) is 3.35. The van der Waals surface area contributed by atoms with Gasteiger partial charge >= 0.3 is 61.8 Å². The van der Waals surface area contributed by atoms with Crippen LogP contribution >= 0.6 is 0 Å². The second kappa shape index (κ2) is 19.6. The van der Waals surface area contributed by atoms with E-state index < -0.39 is 0 Å². The molecule has 0 atom stereocenters. The van der Waals surface area contributed by atoms with Crippen molar-refractivity contribution in [2.75, 3.05) is 0 Å². The van der Waals surface area contributed by atoms with Gasteiger partial charge in [0, 0.05) is 0 Å². The Morgan fingerprint density at radius 3 is 1.21 bits per heavy atom. The van der Waals surface area contributed by atoms with Gasteiger partial charge in [-0.1, -0.05) is 108 Å². The first-order valence-electron chi connectivity index (χ1n) is 12.5. The molecule has 0 aliphatic heterocycles. The van der Waals surface area contributed by atoms with Gasteiger partial charge in [-0.25, -0.2) is 0 Å². The number of benzene rings is 3. The van der Waals surface area contributed by atoms with Crippen molar-refractivity contribution in [3.63, 3.8) is 0 Å². The van der Waals surface area contributed by atoms with Gasteiger partial charge in [-0.2, -0.15) is 0 Å². The predicted molar refractivity (Wildman–Crippen MR) is 150 cm³/mol. The molecule has 0 fully saturated rings. The Kier molecular flexibility index (Phi) is 16.7. The first-order valence-corrected chi connectivity index (χ1v) is 13.3. The number of hydrogen-bond donors (Lipinski definition) is 0. The fraction of sp³-hybridized carbons (Fsp3) is 0.176. The summed E-state index contributed by atoms with van der Waals surface area (Å²) in [5.74, 6) is 0.298.